The van der Waals surface area contributed by atoms with E-state index in [1.807, 2.05) is 13.8 Å². The highest BCUT2D eigenvalue weighted by Crippen LogP contribution is 2.33. The fraction of sp³-hybridized carbons (Fsp3) is 1.00. The predicted molar refractivity (Wildman–Crippen MR) is 75.3 cm³/mol. The van der Waals surface area contributed by atoms with Crippen molar-refractivity contribution in [2.75, 3.05) is 19.8 Å². The van der Waals surface area contributed by atoms with Crippen molar-refractivity contribution >= 4 is 0 Å². The van der Waals surface area contributed by atoms with Gasteiger partial charge in [-0.2, -0.15) is 0 Å². The van der Waals surface area contributed by atoms with E-state index in [0.29, 0.717) is 13.2 Å². The van der Waals surface area contributed by atoms with E-state index < -0.39 is 0 Å². The third-order valence-electron chi connectivity index (χ3n) is 3.63. The van der Waals surface area contributed by atoms with E-state index >= 15 is 0 Å². The van der Waals surface area contributed by atoms with Crippen LogP contribution in [0.15, 0.2) is 0 Å². The van der Waals surface area contributed by atoms with Gasteiger partial charge in [-0.25, -0.2) is 0 Å². The van der Waals surface area contributed by atoms with Crippen LogP contribution in [-0.4, -0.2) is 48.8 Å². The molecular weight excluding hydrogens is 244 g/mol. The molecule has 0 aromatic carbocycles. The lowest BCUT2D eigenvalue weighted by Gasteiger charge is -2.29. The highest BCUT2D eigenvalue weighted by atomic mass is 16.6. The Morgan fingerprint density at radius 2 is 1.47 bits per heavy atom. The molecule has 114 valence electrons. The summed E-state index contributed by atoms with van der Waals surface area (Å²) in [5, 5.41) is 8.87. The molecule has 3 unspecified atom stereocenters. The van der Waals surface area contributed by atoms with Crippen LogP contribution in [0.5, 0.6) is 0 Å². The average Bonchev–Trinajstić information content (AvgIpc) is 2.79. The standard InChI is InChI=1S/C15H30O4/c1-12(9-16)17-10-13(2)18-11-14(3)19-15(4)7-5-6-8-15/h12-14,16H,5-11H2,1-4H3. The monoisotopic (exact) mass is 274 g/mol. The zero-order valence-electron chi connectivity index (χ0n) is 12.9. The maximum absolute atomic E-state index is 8.87. The largest absolute Gasteiger partial charge is 0.394 e. The molecule has 1 saturated carbocycles. The third kappa shape index (κ3) is 6.70. The maximum Gasteiger partial charge on any atom is 0.0788 e. The molecule has 1 N–H and O–H groups in total. The molecule has 1 fully saturated rings. The first-order valence-corrected chi connectivity index (χ1v) is 7.47. The Morgan fingerprint density at radius 1 is 0.947 bits per heavy atom. The van der Waals surface area contributed by atoms with E-state index in [1.165, 1.54) is 12.8 Å². The summed E-state index contributed by atoms with van der Waals surface area (Å²) in [7, 11) is 0. The molecule has 0 radical (unpaired) electrons. The van der Waals surface area contributed by atoms with Gasteiger partial charge in [-0.3, -0.25) is 0 Å². The number of hydrogen-bond acceptors (Lipinski definition) is 4. The van der Waals surface area contributed by atoms with Crippen LogP contribution in [0.3, 0.4) is 0 Å². The van der Waals surface area contributed by atoms with Crippen molar-refractivity contribution in [3.8, 4) is 0 Å². The number of hydrogen-bond donors (Lipinski definition) is 1. The molecule has 0 aromatic heterocycles. The second-order valence-corrected chi connectivity index (χ2v) is 6.06. The first-order chi connectivity index (χ1) is 8.95. The normalized spacial score (nSPS) is 23.2. The van der Waals surface area contributed by atoms with Crippen LogP contribution in [-0.2, 0) is 14.2 Å². The molecule has 0 amide bonds. The van der Waals surface area contributed by atoms with Crippen molar-refractivity contribution in [2.24, 2.45) is 0 Å². The van der Waals surface area contributed by atoms with Gasteiger partial charge in [-0.15, -0.1) is 0 Å². The molecule has 3 atom stereocenters. The molecule has 4 heteroatoms. The van der Waals surface area contributed by atoms with Gasteiger partial charge in [-0.05, 0) is 40.5 Å². The third-order valence-corrected chi connectivity index (χ3v) is 3.63. The Labute approximate surface area is 117 Å². The first kappa shape index (κ1) is 16.9. The second kappa shape index (κ2) is 8.20. The van der Waals surface area contributed by atoms with Crippen LogP contribution in [0.25, 0.3) is 0 Å². The van der Waals surface area contributed by atoms with Crippen LogP contribution in [0.4, 0.5) is 0 Å². The van der Waals surface area contributed by atoms with Crippen molar-refractivity contribution < 1.29 is 19.3 Å². The molecule has 0 spiro atoms. The van der Waals surface area contributed by atoms with Crippen LogP contribution in [0.1, 0.15) is 53.4 Å². The zero-order chi connectivity index (χ0) is 14.3. The van der Waals surface area contributed by atoms with Gasteiger partial charge in [0.2, 0.25) is 0 Å². The second-order valence-electron chi connectivity index (χ2n) is 6.06. The quantitative estimate of drug-likeness (QED) is 0.702. The Kier molecular flexibility index (Phi) is 7.29. The van der Waals surface area contributed by atoms with Crippen LogP contribution < -0.4 is 0 Å². The van der Waals surface area contributed by atoms with Crippen molar-refractivity contribution in [3.05, 3.63) is 0 Å². The zero-order valence-corrected chi connectivity index (χ0v) is 12.9. The molecule has 0 saturated heterocycles. The van der Waals surface area contributed by atoms with Crippen LogP contribution >= 0.6 is 0 Å². The smallest absolute Gasteiger partial charge is 0.0788 e. The Morgan fingerprint density at radius 3 is 2.05 bits per heavy atom. The van der Waals surface area contributed by atoms with Crippen LogP contribution in [0.2, 0.25) is 0 Å². The van der Waals surface area contributed by atoms with Gasteiger partial charge in [-0.1, -0.05) is 12.8 Å². The fourth-order valence-electron chi connectivity index (χ4n) is 2.46. The molecular formula is C15H30O4. The minimum absolute atomic E-state index is 0.0245. The number of rotatable bonds is 9. The van der Waals surface area contributed by atoms with Crippen molar-refractivity contribution in [1.29, 1.82) is 0 Å². The van der Waals surface area contributed by atoms with Gasteiger partial charge in [0, 0.05) is 0 Å². The summed E-state index contributed by atoms with van der Waals surface area (Å²) >= 11 is 0. The summed E-state index contributed by atoms with van der Waals surface area (Å²) in [5.74, 6) is 0. The molecule has 0 heterocycles. The number of aliphatic hydroxyl groups is 1. The molecule has 0 aliphatic heterocycles. The molecule has 0 aromatic rings. The summed E-state index contributed by atoms with van der Waals surface area (Å²) in [4.78, 5) is 0. The lowest BCUT2D eigenvalue weighted by Crippen LogP contribution is -2.33. The number of ether oxygens (including phenoxy) is 3. The molecule has 0 bridgehead atoms. The lowest BCUT2D eigenvalue weighted by molar-refractivity contribution is -0.119. The van der Waals surface area contributed by atoms with Crippen molar-refractivity contribution in [1.82, 2.24) is 0 Å². The SMILES string of the molecule is CC(CO)OCC(C)OCC(C)OC1(C)CCCC1. The van der Waals surface area contributed by atoms with E-state index in [0.717, 1.165) is 12.8 Å². The summed E-state index contributed by atoms with van der Waals surface area (Å²) < 4.78 is 17.2. The minimum atomic E-state index is -0.128. The van der Waals surface area contributed by atoms with E-state index in [9.17, 15) is 0 Å². The van der Waals surface area contributed by atoms with Gasteiger partial charge in [0.1, 0.15) is 0 Å². The van der Waals surface area contributed by atoms with Crippen LogP contribution in [0, 0.1) is 0 Å². The molecule has 4 nitrogen and oxygen atoms in total. The summed E-state index contributed by atoms with van der Waals surface area (Å²) in [5.41, 5.74) is 0.0495. The Balaban J connectivity index is 2.13. The maximum atomic E-state index is 8.87. The van der Waals surface area contributed by atoms with E-state index in [1.54, 1.807) is 0 Å². The van der Waals surface area contributed by atoms with Gasteiger partial charge >= 0.3 is 0 Å². The van der Waals surface area contributed by atoms with E-state index in [-0.39, 0.29) is 30.5 Å². The summed E-state index contributed by atoms with van der Waals surface area (Å²) in [6, 6.07) is 0. The molecule has 1 aliphatic rings. The number of aliphatic hydroxyl groups excluding tert-OH is 1. The van der Waals surface area contributed by atoms with E-state index in [4.69, 9.17) is 19.3 Å². The van der Waals surface area contributed by atoms with Gasteiger partial charge < -0.3 is 19.3 Å². The van der Waals surface area contributed by atoms with Gasteiger partial charge in [0.15, 0.2) is 0 Å². The van der Waals surface area contributed by atoms with Crippen molar-refractivity contribution in [2.45, 2.75) is 77.3 Å². The van der Waals surface area contributed by atoms with Gasteiger partial charge in [0.05, 0.1) is 43.7 Å². The van der Waals surface area contributed by atoms with Crippen molar-refractivity contribution in [3.63, 3.8) is 0 Å². The molecule has 19 heavy (non-hydrogen) atoms. The summed E-state index contributed by atoms with van der Waals surface area (Å²) in [6.45, 7) is 9.23. The van der Waals surface area contributed by atoms with Gasteiger partial charge in [0.25, 0.3) is 0 Å². The topological polar surface area (TPSA) is 47.9 Å². The predicted octanol–water partition coefficient (Wildman–Crippen LogP) is 2.53. The Bertz CT molecular complexity index is 238. The first-order valence-electron chi connectivity index (χ1n) is 7.47. The Hall–Kier alpha value is -0.160. The highest BCUT2D eigenvalue weighted by Gasteiger charge is 2.31. The average molecular weight is 274 g/mol. The fourth-order valence-corrected chi connectivity index (χ4v) is 2.46. The molecule has 1 aliphatic carbocycles. The lowest BCUT2D eigenvalue weighted by atomic mass is 10.1. The highest BCUT2D eigenvalue weighted by molar-refractivity contribution is 4.82. The summed E-state index contributed by atoms with van der Waals surface area (Å²) in [6.07, 6.45) is 4.86. The minimum Gasteiger partial charge on any atom is -0.394 e. The molecule has 1 rings (SSSR count). The van der Waals surface area contributed by atoms with E-state index in [2.05, 4.69) is 13.8 Å².